The highest BCUT2D eigenvalue weighted by Crippen LogP contribution is 2.28. The number of amides is 3. The molecule has 1 aromatic heterocycles. The molecule has 0 radical (unpaired) electrons. The summed E-state index contributed by atoms with van der Waals surface area (Å²) < 4.78 is 5.79. The highest BCUT2D eigenvalue weighted by Gasteiger charge is 2.13. The maximum Gasteiger partial charge on any atom is 0.325 e. The number of nitrogens with one attached hydrogen (secondary N) is 4. The van der Waals surface area contributed by atoms with Crippen LogP contribution in [0.5, 0.6) is 5.75 Å². The van der Waals surface area contributed by atoms with E-state index in [9.17, 15) is 9.59 Å². The van der Waals surface area contributed by atoms with E-state index in [1.165, 1.54) is 6.20 Å². The third kappa shape index (κ3) is 7.95. The topological polar surface area (TPSA) is 121 Å². The summed E-state index contributed by atoms with van der Waals surface area (Å²) >= 11 is 6.07. The van der Waals surface area contributed by atoms with E-state index in [-0.39, 0.29) is 5.91 Å². The van der Waals surface area contributed by atoms with Crippen molar-refractivity contribution in [3.8, 4) is 5.75 Å². The van der Waals surface area contributed by atoms with Crippen molar-refractivity contribution < 1.29 is 14.3 Å². The van der Waals surface area contributed by atoms with Crippen molar-refractivity contribution in [2.45, 2.75) is 13.3 Å². The molecule has 1 saturated heterocycles. The Labute approximate surface area is 192 Å². The maximum absolute atomic E-state index is 12.3. The molecule has 11 heteroatoms. The molecule has 2 heterocycles. The molecule has 1 aromatic carbocycles. The normalized spacial score (nSPS) is 13.9. The monoisotopic (exact) mass is 461 g/mol. The summed E-state index contributed by atoms with van der Waals surface area (Å²) in [5.41, 5.74) is 1.18. The van der Waals surface area contributed by atoms with E-state index >= 15 is 0 Å². The second kappa shape index (κ2) is 12.2. The van der Waals surface area contributed by atoms with Gasteiger partial charge in [0, 0.05) is 37.7 Å². The van der Waals surface area contributed by atoms with Crippen LogP contribution in [0.15, 0.2) is 30.6 Å². The van der Waals surface area contributed by atoms with Crippen LogP contribution in [0, 0.1) is 6.92 Å². The Hall–Kier alpha value is -2.95. The van der Waals surface area contributed by atoms with Gasteiger partial charge in [0.2, 0.25) is 5.91 Å². The molecule has 1 aliphatic rings. The predicted molar refractivity (Wildman–Crippen MR) is 123 cm³/mol. The molecule has 172 valence electrons. The Morgan fingerprint density at radius 3 is 2.75 bits per heavy atom. The minimum absolute atomic E-state index is 0.0108. The Morgan fingerprint density at radius 2 is 2.00 bits per heavy atom. The van der Waals surface area contributed by atoms with Crippen LogP contribution in [0.25, 0.3) is 0 Å². The fourth-order valence-corrected chi connectivity index (χ4v) is 3.24. The zero-order valence-corrected chi connectivity index (χ0v) is 18.7. The third-order valence-electron chi connectivity index (χ3n) is 4.69. The number of aromatic nitrogens is 2. The van der Waals surface area contributed by atoms with Gasteiger partial charge in [-0.3, -0.25) is 20.0 Å². The largest absolute Gasteiger partial charge is 0.491 e. The van der Waals surface area contributed by atoms with E-state index in [2.05, 4.69) is 36.1 Å². The van der Waals surface area contributed by atoms with Crippen LogP contribution in [-0.4, -0.2) is 72.7 Å². The van der Waals surface area contributed by atoms with Crippen molar-refractivity contribution in [3.05, 3.63) is 41.3 Å². The summed E-state index contributed by atoms with van der Waals surface area (Å²) in [4.78, 5) is 34.6. The lowest BCUT2D eigenvalue weighted by Gasteiger charge is -2.26. The molecule has 1 fully saturated rings. The van der Waals surface area contributed by atoms with Crippen molar-refractivity contribution in [3.63, 3.8) is 0 Å². The van der Waals surface area contributed by atoms with E-state index in [1.807, 2.05) is 6.92 Å². The molecule has 4 N–H and O–H groups in total. The molecule has 0 spiro atoms. The number of ether oxygens (including phenoxy) is 1. The van der Waals surface area contributed by atoms with Crippen LogP contribution in [0.1, 0.15) is 12.1 Å². The van der Waals surface area contributed by atoms with Gasteiger partial charge in [-0.1, -0.05) is 11.6 Å². The lowest BCUT2D eigenvalue weighted by Crippen LogP contribution is -2.47. The maximum atomic E-state index is 12.3. The van der Waals surface area contributed by atoms with E-state index in [0.29, 0.717) is 48.4 Å². The lowest BCUT2D eigenvalue weighted by atomic mass is 10.3. The number of nitrogens with zero attached hydrogens (tertiary/aromatic N) is 3. The number of urea groups is 1. The van der Waals surface area contributed by atoms with Gasteiger partial charge in [0.1, 0.15) is 5.75 Å². The Morgan fingerprint density at radius 1 is 1.19 bits per heavy atom. The van der Waals surface area contributed by atoms with Gasteiger partial charge in [-0.25, -0.2) is 9.78 Å². The van der Waals surface area contributed by atoms with Gasteiger partial charge in [-0.2, -0.15) is 0 Å². The Kier molecular flexibility index (Phi) is 9.02. The van der Waals surface area contributed by atoms with Crippen LogP contribution in [0.2, 0.25) is 5.02 Å². The number of carbonyl (C=O) groups is 2. The van der Waals surface area contributed by atoms with Crippen LogP contribution >= 0.6 is 11.6 Å². The Balaban J connectivity index is 1.42. The molecule has 10 nitrogen and oxygen atoms in total. The molecular weight excluding hydrogens is 434 g/mol. The van der Waals surface area contributed by atoms with E-state index in [0.717, 1.165) is 31.9 Å². The first-order valence-electron chi connectivity index (χ1n) is 10.5. The van der Waals surface area contributed by atoms with E-state index in [4.69, 9.17) is 16.3 Å². The molecule has 0 saturated carbocycles. The SMILES string of the molecule is Cc1cnc(NC(=O)Nc2cc(Cl)ccc2OCCCNC(=O)CN2CCNCC2)cn1. The number of halogens is 1. The average molecular weight is 462 g/mol. The zero-order valence-electron chi connectivity index (χ0n) is 18.0. The van der Waals surface area contributed by atoms with Gasteiger partial charge >= 0.3 is 6.03 Å². The number of piperazine rings is 1. The molecule has 1 aliphatic heterocycles. The predicted octanol–water partition coefficient (Wildman–Crippen LogP) is 1.87. The number of hydrogen-bond acceptors (Lipinski definition) is 7. The highest BCUT2D eigenvalue weighted by molar-refractivity contribution is 6.31. The summed E-state index contributed by atoms with van der Waals surface area (Å²) in [6.07, 6.45) is 3.66. The van der Waals surface area contributed by atoms with E-state index in [1.54, 1.807) is 24.4 Å². The smallest absolute Gasteiger partial charge is 0.325 e. The molecule has 0 unspecified atom stereocenters. The van der Waals surface area contributed by atoms with Crippen molar-refractivity contribution in [2.24, 2.45) is 0 Å². The number of anilines is 2. The van der Waals surface area contributed by atoms with E-state index < -0.39 is 6.03 Å². The summed E-state index contributed by atoms with van der Waals surface area (Å²) in [7, 11) is 0. The minimum atomic E-state index is -0.490. The zero-order chi connectivity index (χ0) is 22.8. The molecular formula is C21H28ClN7O3. The van der Waals surface area contributed by atoms with Crippen molar-refractivity contribution >= 4 is 35.0 Å². The number of carbonyl (C=O) groups excluding carboxylic acids is 2. The summed E-state index contributed by atoms with van der Waals surface area (Å²) in [6, 6.07) is 4.48. The highest BCUT2D eigenvalue weighted by atomic mass is 35.5. The molecule has 0 atom stereocenters. The molecule has 0 aliphatic carbocycles. The lowest BCUT2D eigenvalue weighted by molar-refractivity contribution is -0.122. The first-order chi connectivity index (χ1) is 15.5. The van der Waals surface area contributed by atoms with Crippen LogP contribution in [0.4, 0.5) is 16.3 Å². The molecule has 2 aromatic rings. The summed E-state index contributed by atoms with van der Waals surface area (Å²) in [6.45, 7) is 6.69. The first kappa shape index (κ1) is 23.7. The number of aryl methyl sites for hydroxylation is 1. The van der Waals surface area contributed by atoms with Crippen LogP contribution < -0.4 is 26.0 Å². The second-order valence-electron chi connectivity index (χ2n) is 7.34. The van der Waals surface area contributed by atoms with Gasteiger partial charge in [-0.05, 0) is 31.5 Å². The minimum Gasteiger partial charge on any atom is -0.491 e. The van der Waals surface area contributed by atoms with Crippen molar-refractivity contribution in [2.75, 3.05) is 56.5 Å². The number of hydrogen-bond donors (Lipinski definition) is 4. The Bertz CT molecular complexity index is 905. The molecule has 0 bridgehead atoms. The second-order valence-corrected chi connectivity index (χ2v) is 7.78. The standard InChI is InChI=1S/C21H28ClN7O3/c1-15-12-26-19(13-25-15)28-21(31)27-17-11-16(22)3-4-18(17)32-10-2-5-24-20(30)14-29-8-6-23-7-9-29/h3-4,11-13,23H,2,5-10,14H2,1H3,(H,24,30)(H2,26,27,28,31). The summed E-state index contributed by atoms with van der Waals surface area (Å²) in [5, 5.41) is 12.0. The molecule has 3 rings (SSSR count). The third-order valence-corrected chi connectivity index (χ3v) is 4.93. The first-order valence-corrected chi connectivity index (χ1v) is 10.9. The quantitative estimate of drug-likeness (QED) is 0.421. The van der Waals surface area contributed by atoms with Crippen LogP contribution in [0.3, 0.4) is 0 Å². The van der Waals surface area contributed by atoms with Crippen molar-refractivity contribution in [1.82, 2.24) is 25.5 Å². The average Bonchev–Trinajstić information content (AvgIpc) is 2.77. The molecule has 3 amide bonds. The van der Waals surface area contributed by atoms with Gasteiger partial charge in [0.25, 0.3) is 0 Å². The van der Waals surface area contributed by atoms with Gasteiger partial charge in [0.05, 0.1) is 36.9 Å². The van der Waals surface area contributed by atoms with Gasteiger partial charge in [-0.15, -0.1) is 0 Å². The van der Waals surface area contributed by atoms with Crippen molar-refractivity contribution in [1.29, 1.82) is 0 Å². The van der Waals surface area contributed by atoms with Gasteiger partial charge in [0.15, 0.2) is 5.82 Å². The number of rotatable bonds is 9. The fraction of sp³-hybridized carbons (Fsp3) is 0.429. The molecule has 32 heavy (non-hydrogen) atoms. The van der Waals surface area contributed by atoms with Crippen LogP contribution in [-0.2, 0) is 4.79 Å². The summed E-state index contributed by atoms with van der Waals surface area (Å²) in [5.74, 6) is 0.817. The fourth-order valence-electron chi connectivity index (χ4n) is 3.06. The number of benzene rings is 1. The van der Waals surface area contributed by atoms with Gasteiger partial charge < -0.3 is 20.7 Å².